The second kappa shape index (κ2) is 15.0. The summed E-state index contributed by atoms with van der Waals surface area (Å²) >= 11 is 5.83. The fraction of sp³-hybridized carbons (Fsp3) is 0.297. The first-order chi connectivity index (χ1) is 24.7. The molecule has 8 nitrogen and oxygen atoms in total. The zero-order chi connectivity index (χ0) is 39.2. The van der Waals surface area contributed by atoms with Crippen molar-refractivity contribution in [3.63, 3.8) is 0 Å². The van der Waals surface area contributed by atoms with Crippen LogP contribution in [0.25, 0.3) is 0 Å². The zero-order valence-electron chi connectivity index (χ0n) is 28.7. The van der Waals surface area contributed by atoms with E-state index in [1.54, 1.807) is 0 Å². The Hall–Kier alpha value is -4.60. The number of benzene rings is 4. The molecule has 5 rings (SSSR count). The van der Waals surface area contributed by atoms with Gasteiger partial charge < -0.3 is 14.7 Å². The van der Waals surface area contributed by atoms with E-state index in [0.29, 0.717) is 5.56 Å². The van der Waals surface area contributed by atoms with Gasteiger partial charge in [-0.2, -0.15) is 4.31 Å². The average molecular weight is 783 g/mol. The molecule has 1 aliphatic carbocycles. The third kappa shape index (κ3) is 8.31. The summed E-state index contributed by atoms with van der Waals surface area (Å²) in [5.41, 5.74) is 1.37. The zero-order valence-corrected chi connectivity index (χ0v) is 30.3. The normalized spacial score (nSPS) is 13.4. The number of hydrogen-bond acceptors (Lipinski definition) is 5. The van der Waals surface area contributed by atoms with Gasteiger partial charge in [-0.05, 0) is 71.2 Å². The lowest BCUT2D eigenvalue weighted by atomic mass is 9.84. The van der Waals surface area contributed by atoms with E-state index >= 15 is 13.2 Å². The van der Waals surface area contributed by atoms with Crippen molar-refractivity contribution in [1.82, 2.24) is 4.31 Å². The quantitative estimate of drug-likeness (QED) is 0.0879. The van der Waals surface area contributed by atoms with E-state index in [9.17, 15) is 36.3 Å². The second-order valence-electron chi connectivity index (χ2n) is 13.6. The van der Waals surface area contributed by atoms with Crippen LogP contribution >= 0.6 is 11.6 Å². The van der Waals surface area contributed by atoms with E-state index in [0.717, 1.165) is 59.2 Å². The summed E-state index contributed by atoms with van der Waals surface area (Å²) in [6, 6.07) is 12.2. The summed E-state index contributed by atoms with van der Waals surface area (Å²) in [5.74, 6) is -16.5. The monoisotopic (exact) mass is 782 g/mol. The first-order valence-corrected chi connectivity index (χ1v) is 17.9. The number of methoxy groups -OCH3 is 1. The summed E-state index contributed by atoms with van der Waals surface area (Å²) < 4.78 is 121. The number of hydrogen-bond donors (Lipinski definition) is 1. The van der Waals surface area contributed by atoms with E-state index in [1.165, 1.54) is 13.2 Å². The Bertz CT molecular complexity index is 2200. The molecule has 0 saturated heterocycles. The van der Waals surface area contributed by atoms with Crippen molar-refractivity contribution in [2.45, 2.75) is 62.9 Å². The van der Waals surface area contributed by atoms with Gasteiger partial charge in [0.25, 0.3) is 0 Å². The topological polar surface area (TPSA) is 104 Å². The lowest BCUT2D eigenvalue weighted by Gasteiger charge is -2.30. The highest BCUT2D eigenvalue weighted by Crippen LogP contribution is 2.42. The highest BCUT2D eigenvalue weighted by Gasteiger charge is 2.39. The van der Waals surface area contributed by atoms with Crippen LogP contribution in [0, 0.1) is 34.9 Å². The molecular formula is C37H33ClF6N2O6S. The molecule has 4 aromatic carbocycles. The minimum Gasteiger partial charge on any atom is -0.495 e. The Morgan fingerprint density at radius 3 is 2.04 bits per heavy atom. The lowest BCUT2D eigenvalue weighted by Crippen LogP contribution is -2.43. The van der Waals surface area contributed by atoms with Crippen LogP contribution in [0.5, 0.6) is 5.75 Å². The highest BCUT2D eigenvalue weighted by molar-refractivity contribution is 7.89. The maximum atomic E-state index is 15.1. The van der Waals surface area contributed by atoms with Gasteiger partial charge in [-0.1, -0.05) is 56.6 Å². The predicted octanol–water partition coefficient (Wildman–Crippen LogP) is 8.48. The van der Waals surface area contributed by atoms with Crippen molar-refractivity contribution in [2.24, 2.45) is 0 Å². The van der Waals surface area contributed by atoms with Gasteiger partial charge in [0.1, 0.15) is 11.6 Å². The predicted molar refractivity (Wildman–Crippen MR) is 183 cm³/mol. The van der Waals surface area contributed by atoms with Crippen molar-refractivity contribution in [3.05, 3.63) is 122 Å². The van der Waals surface area contributed by atoms with Gasteiger partial charge in [-0.15, -0.1) is 0 Å². The molecule has 0 spiro atoms. The number of rotatable bonds is 12. The van der Waals surface area contributed by atoms with Crippen molar-refractivity contribution in [3.8, 4) is 5.75 Å². The molecule has 1 fully saturated rings. The van der Waals surface area contributed by atoms with Gasteiger partial charge in [0.05, 0.1) is 31.5 Å². The fourth-order valence-electron chi connectivity index (χ4n) is 5.66. The van der Waals surface area contributed by atoms with Gasteiger partial charge in [0.2, 0.25) is 21.7 Å². The standard InChI is InChI=1S/C37H33ClF6N2O6S/c1-37(2,3)24-12-19(11-23(13-24)20-5-6-20)16-46(27-10-8-21(36(48)49)14-28(27)52-4)29(47)18-45(17-22-7-9-25(38)15-26(22)39)53(50,51)35-33(43)31(41)30(40)32(42)34(35)44/h7-15,20H,5-6,16-18H2,1-4H3,(H,48,49). The Balaban J connectivity index is 1.68. The van der Waals surface area contributed by atoms with Crippen LogP contribution < -0.4 is 9.64 Å². The Morgan fingerprint density at radius 2 is 1.49 bits per heavy atom. The van der Waals surface area contributed by atoms with Gasteiger partial charge in [0, 0.05) is 17.1 Å². The summed E-state index contributed by atoms with van der Waals surface area (Å²) in [7, 11) is -4.63. The molecule has 1 aliphatic rings. The van der Waals surface area contributed by atoms with Gasteiger partial charge >= 0.3 is 5.97 Å². The first-order valence-electron chi connectivity index (χ1n) is 16.1. The van der Waals surface area contributed by atoms with Crippen LogP contribution in [0.15, 0.2) is 59.5 Å². The highest BCUT2D eigenvalue weighted by atomic mass is 35.5. The first kappa shape index (κ1) is 39.6. The maximum absolute atomic E-state index is 15.1. The minimum atomic E-state index is -5.82. The number of halogens is 7. The number of carbonyl (C=O) groups is 2. The number of carbonyl (C=O) groups excluding carboxylic acids is 1. The van der Waals surface area contributed by atoms with Crippen LogP contribution in [0.2, 0.25) is 5.02 Å². The fourth-order valence-corrected chi connectivity index (χ4v) is 7.30. The van der Waals surface area contributed by atoms with E-state index < -0.39 is 80.4 Å². The van der Waals surface area contributed by atoms with Crippen molar-refractivity contribution in [1.29, 1.82) is 0 Å². The largest absolute Gasteiger partial charge is 0.495 e. The summed E-state index contributed by atoms with van der Waals surface area (Å²) in [6.07, 6.45) is 1.87. The summed E-state index contributed by atoms with van der Waals surface area (Å²) in [6.45, 7) is 3.22. The molecule has 1 amide bonds. The van der Waals surface area contributed by atoms with Crippen LogP contribution in [-0.2, 0) is 33.3 Å². The smallest absolute Gasteiger partial charge is 0.335 e. The number of ether oxygens (including phenoxy) is 1. The number of sulfonamides is 1. The molecule has 1 saturated carbocycles. The molecule has 0 aliphatic heterocycles. The van der Waals surface area contributed by atoms with Crippen molar-refractivity contribution >= 4 is 39.2 Å². The second-order valence-corrected chi connectivity index (χ2v) is 15.9. The van der Waals surface area contributed by atoms with Crippen LogP contribution in [0.4, 0.5) is 32.0 Å². The lowest BCUT2D eigenvalue weighted by molar-refractivity contribution is -0.119. The molecule has 16 heteroatoms. The molecule has 1 N–H and O–H groups in total. The number of aromatic carboxylic acids is 1. The SMILES string of the molecule is COc1cc(C(=O)O)ccc1N(Cc1cc(C2CC2)cc(C(C)(C)C)c1)C(=O)CN(Cc1ccc(Cl)cc1F)S(=O)(=O)c1c(F)c(F)c(F)c(F)c1F. The summed E-state index contributed by atoms with van der Waals surface area (Å²) in [5, 5.41) is 9.48. The number of nitrogens with zero attached hydrogens (tertiary/aromatic N) is 2. The molecule has 53 heavy (non-hydrogen) atoms. The molecule has 0 heterocycles. The third-order valence-corrected chi connectivity index (χ3v) is 10.8. The van der Waals surface area contributed by atoms with E-state index in [-0.39, 0.29) is 44.2 Å². The third-order valence-electron chi connectivity index (χ3n) is 8.73. The molecule has 0 radical (unpaired) electrons. The molecule has 4 aromatic rings. The molecule has 0 bridgehead atoms. The molecular weight excluding hydrogens is 750 g/mol. The van der Waals surface area contributed by atoms with Gasteiger partial charge in [-0.3, -0.25) is 4.79 Å². The van der Waals surface area contributed by atoms with E-state index in [2.05, 4.69) is 6.07 Å². The Kier molecular flexibility index (Phi) is 11.2. The average Bonchev–Trinajstić information content (AvgIpc) is 3.95. The number of carboxylic acids is 1. The van der Waals surface area contributed by atoms with Crippen LogP contribution in [0.1, 0.15) is 72.1 Å². The molecule has 0 atom stereocenters. The van der Waals surface area contributed by atoms with Crippen molar-refractivity contribution in [2.75, 3.05) is 18.6 Å². The van der Waals surface area contributed by atoms with Crippen LogP contribution in [0.3, 0.4) is 0 Å². The minimum absolute atomic E-state index is 0.0529. The summed E-state index contributed by atoms with van der Waals surface area (Å²) in [4.78, 5) is 25.0. The van der Waals surface area contributed by atoms with Crippen molar-refractivity contribution < 1.29 is 54.2 Å². The molecule has 0 aromatic heterocycles. The van der Waals surface area contributed by atoms with E-state index in [4.69, 9.17) is 16.3 Å². The number of carboxylic acid groups (broad SMARTS) is 1. The van der Waals surface area contributed by atoms with Gasteiger partial charge in [0.15, 0.2) is 28.2 Å². The maximum Gasteiger partial charge on any atom is 0.335 e. The number of anilines is 1. The van der Waals surface area contributed by atoms with Gasteiger partial charge in [-0.25, -0.2) is 39.6 Å². The van der Waals surface area contributed by atoms with E-state index in [1.807, 2.05) is 32.9 Å². The molecule has 282 valence electrons. The van der Waals surface area contributed by atoms with Crippen LogP contribution in [-0.4, -0.2) is 43.4 Å². The number of amides is 1. The Labute approximate surface area is 306 Å². The molecule has 0 unspecified atom stereocenters. The Morgan fingerprint density at radius 1 is 0.868 bits per heavy atom.